The van der Waals surface area contributed by atoms with Crippen LogP contribution in [0.4, 0.5) is 4.79 Å². The summed E-state index contributed by atoms with van der Waals surface area (Å²) in [6.45, 7) is 2.81. The van der Waals surface area contributed by atoms with Crippen LogP contribution in [0.1, 0.15) is 18.5 Å². The molecule has 0 aliphatic carbocycles. The van der Waals surface area contributed by atoms with Crippen LogP contribution in [0.3, 0.4) is 0 Å². The summed E-state index contributed by atoms with van der Waals surface area (Å²) in [7, 11) is 1.93. The maximum atomic E-state index is 11.2. The lowest BCUT2D eigenvalue weighted by Crippen LogP contribution is -2.45. The first-order valence-corrected chi connectivity index (χ1v) is 8.12. The van der Waals surface area contributed by atoms with Crippen LogP contribution >= 0.6 is 11.6 Å². The zero-order valence-electron chi connectivity index (χ0n) is 12.9. The normalized spacial score (nSPS) is 20.9. The minimum atomic E-state index is -0.541. The van der Waals surface area contributed by atoms with Crippen LogP contribution < -0.4 is 0 Å². The predicted octanol–water partition coefficient (Wildman–Crippen LogP) is 2.73. The number of hydrogen-bond acceptors (Lipinski definition) is 5. The first-order chi connectivity index (χ1) is 11.1. The number of halogens is 1. The molecule has 0 unspecified atom stereocenters. The van der Waals surface area contributed by atoms with Crippen LogP contribution in [0.5, 0.6) is 0 Å². The summed E-state index contributed by atoms with van der Waals surface area (Å²) in [5.74, 6) is 0. The smallest absolute Gasteiger partial charge is 0.430 e. The summed E-state index contributed by atoms with van der Waals surface area (Å²) >= 11 is 6.36. The number of carbonyl (C=O) groups is 1. The van der Waals surface area contributed by atoms with E-state index in [1.807, 2.05) is 29.9 Å². The molecule has 2 fully saturated rings. The third-order valence-corrected chi connectivity index (χ3v) is 5.11. The Hall–Kier alpha value is -1.79. The van der Waals surface area contributed by atoms with Crippen molar-refractivity contribution in [3.8, 4) is 0 Å². The van der Waals surface area contributed by atoms with Crippen LogP contribution in [0, 0.1) is 0 Å². The molecule has 2 saturated heterocycles. The molecule has 0 N–H and O–H groups in total. The summed E-state index contributed by atoms with van der Waals surface area (Å²) in [5.41, 5.74) is 1.61. The van der Waals surface area contributed by atoms with E-state index in [-0.39, 0.29) is 0 Å². The molecule has 2 aromatic rings. The van der Waals surface area contributed by atoms with Crippen molar-refractivity contribution < 1.29 is 14.3 Å². The summed E-state index contributed by atoms with van der Waals surface area (Å²) in [4.78, 5) is 13.5. The Morgan fingerprint density at radius 3 is 2.83 bits per heavy atom. The van der Waals surface area contributed by atoms with Crippen molar-refractivity contribution in [3.63, 3.8) is 0 Å². The number of aryl methyl sites for hydroxylation is 1. The van der Waals surface area contributed by atoms with Crippen molar-refractivity contribution in [2.24, 2.45) is 7.05 Å². The third kappa shape index (κ3) is 2.56. The second kappa shape index (κ2) is 5.39. The SMILES string of the molecule is Cn1nc(CN2CCC3(CC2)COC(=O)O3)c2c(Cl)cccc21. The fraction of sp³-hybridized carbons (Fsp3) is 0.500. The van der Waals surface area contributed by atoms with Gasteiger partial charge >= 0.3 is 6.16 Å². The molecule has 23 heavy (non-hydrogen) atoms. The fourth-order valence-electron chi connectivity index (χ4n) is 3.47. The minimum absolute atomic E-state index is 0.373. The molecular formula is C16H18ClN3O3. The molecule has 0 saturated carbocycles. The van der Waals surface area contributed by atoms with Crippen LogP contribution in [-0.4, -0.2) is 46.1 Å². The van der Waals surface area contributed by atoms with Gasteiger partial charge in [-0.05, 0) is 12.1 Å². The molecule has 0 atom stereocenters. The number of carbonyl (C=O) groups excluding carboxylic acids is 1. The standard InChI is InChI=1S/C16H18ClN3O3/c1-19-13-4-2-3-11(17)14(13)12(18-19)9-20-7-5-16(6-8-20)10-22-15(21)23-16/h2-4H,5-10H2,1H3. The lowest BCUT2D eigenvalue weighted by Gasteiger charge is -2.35. The van der Waals surface area contributed by atoms with Crippen molar-refractivity contribution >= 4 is 28.7 Å². The van der Waals surface area contributed by atoms with Crippen LogP contribution in [0.15, 0.2) is 18.2 Å². The summed E-state index contributed by atoms with van der Waals surface area (Å²) in [6.07, 6.45) is 1.04. The topological polar surface area (TPSA) is 56.6 Å². The Balaban J connectivity index is 1.51. The number of cyclic esters (lactones) is 1. The maximum absolute atomic E-state index is 11.2. The lowest BCUT2D eigenvalue weighted by molar-refractivity contribution is -0.00184. The molecule has 7 heteroatoms. The van der Waals surface area contributed by atoms with Gasteiger partial charge in [-0.3, -0.25) is 9.58 Å². The second-order valence-corrected chi connectivity index (χ2v) is 6.71. The van der Waals surface area contributed by atoms with E-state index >= 15 is 0 Å². The monoisotopic (exact) mass is 335 g/mol. The Labute approximate surface area is 138 Å². The van der Waals surface area contributed by atoms with Gasteiger partial charge in [0.1, 0.15) is 6.61 Å². The van der Waals surface area contributed by atoms with Gasteiger partial charge in [0.2, 0.25) is 0 Å². The first-order valence-electron chi connectivity index (χ1n) is 7.75. The van der Waals surface area contributed by atoms with Gasteiger partial charge in [0.15, 0.2) is 5.60 Å². The summed E-state index contributed by atoms with van der Waals surface area (Å²) in [5, 5.41) is 6.38. The largest absolute Gasteiger partial charge is 0.509 e. The van der Waals surface area contributed by atoms with Crippen molar-refractivity contribution in [2.45, 2.75) is 25.0 Å². The zero-order valence-corrected chi connectivity index (χ0v) is 13.7. The highest BCUT2D eigenvalue weighted by atomic mass is 35.5. The molecule has 1 aromatic carbocycles. The molecule has 1 aromatic heterocycles. The highest BCUT2D eigenvalue weighted by Crippen LogP contribution is 2.33. The quantitative estimate of drug-likeness (QED) is 0.790. The van der Waals surface area contributed by atoms with E-state index in [2.05, 4.69) is 10.00 Å². The number of fused-ring (bicyclic) bond motifs is 1. The highest BCUT2D eigenvalue weighted by Gasteiger charge is 2.44. The van der Waals surface area contributed by atoms with E-state index in [1.54, 1.807) is 0 Å². The molecule has 0 radical (unpaired) electrons. The third-order valence-electron chi connectivity index (χ3n) is 4.79. The average Bonchev–Trinajstić information content (AvgIpc) is 3.04. The molecule has 0 amide bonds. The zero-order chi connectivity index (χ0) is 16.0. The molecule has 1 spiro atoms. The Kier molecular flexibility index (Phi) is 3.46. The van der Waals surface area contributed by atoms with E-state index in [1.165, 1.54) is 0 Å². The van der Waals surface area contributed by atoms with Crippen molar-refractivity contribution in [3.05, 3.63) is 28.9 Å². The molecule has 2 aliphatic heterocycles. The lowest BCUT2D eigenvalue weighted by atomic mass is 9.92. The van der Waals surface area contributed by atoms with Gasteiger partial charge in [-0.1, -0.05) is 17.7 Å². The summed E-state index contributed by atoms with van der Waals surface area (Å²) < 4.78 is 12.2. The van der Waals surface area contributed by atoms with Crippen LogP contribution in [0.2, 0.25) is 5.02 Å². The van der Waals surface area contributed by atoms with Crippen molar-refractivity contribution in [2.75, 3.05) is 19.7 Å². The number of rotatable bonds is 2. The number of benzene rings is 1. The Morgan fingerprint density at radius 2 is 2.13 bits per heavy atom. The minimum Gasteiger partial charge on any atom is -0.430 e. The van der Waals surface area contributed by atoms with Gasteiger partial charge in [0, 0.05) is 44.9 Å². The predicted molar refractivity (Wildman–Crippen MR) is 85.4 cm³/mol. The van der Waals surface area contributed by atoms with Gasteiger partial charge in [0.05, 0.1) is 16.2 Å². The molecule has 6 nitrogen and oxygen atoms in total. The maximum Gasteiger partial charge on any atom is 0.509 e. The number of likely N-dealkylation sites (tertiary alicyclic amines) is 1. The van der Waals surface area contributed by atoms with E-state index in [0.29, 0.717) is 6.61 Å². The van der Waals surface area contributed by atoms with Gasteiger partial charge in [0.25, 0.3) is 0 Å². The number of nitrogens with zero attached hydrogens (tertiary/aromatic N) is 3. The van der Waals surface area contributed by atoms with E-state index in [9.17, 15) is 4.79 Å². The first kappa shape index (κ1) is 14.8. The van der Waals surface area contributed by atoms with E-state index in [4.69, 9.17) is 21.1 Å². The van der Waals surface area contributed by atoms with Crippen LogP contribution in [-0.2, 0) is 23.1 Å². The fourth-order valence-corrected chi connectivity index (χ4v) is 3.75. The van der Waals surface area contributed by atoms with Crippen molar-refractivity contribution in [1.82, 2.24) is 14.7 Å². The molecule has 3 heterocycles. The van der Waals surface area contributed by atoms with E-state index in [0.717, 1.165) is 54.1 Å². The van der Waals surface area contributed by atoms with Gasteiger partial charge < -0.3 is 9.47 Å². The van der Waals surface area contributed by atoms with Gasteiger partial charge in [-0.25, -0.2) is 4.79 Å². The Bertz CT molecular complexity index is 765. The number of ether oxygens (including phenoxy) is 2. The highest BCUT2D eigenvalue weighted by molar-refractivity contribution is 6.35. The van der Waals surface area contributed by atoms with Crippen molar-refractivity contribution in [1.29, 1.82) is 0 Å². The van der Waals surface area contributed by atoms with Gasteiger partial charge in [-0.15, -0.1) is 0 Å². The number of piperidine rings is 1. The number of aromatic nitrogens is 2. The average molecular weight is 336 g/mol. The molecule has 122 valence electrons. The molecule has 0 bridgehead atoms. The molecular weight excluding hydrogens is 318 g/mol. The molecule has 4 rings (SSSR count). The van der Waals surface area contributed by atoms with Gasteiger partial charge in [-0.2, -0.15) is 5.10 Å². The second-order valence-electron chi connectivity index (χ2n) is 6.30. The summed E-state index contributed by atoms with van der Waals surface area (Å²) in [6, 6.07) is 5.86. The Morgan fingerprint density at radius 1 is 1.35 bits per heavy atom. The number of hydrogen-bond donors (Lipinski definition) is 0. The molecule has 2 aliphatic rings. The van der Waals surface area contributed by atoms with E-state index < -0.39 is 11.8 Å². The van der Waals surface area contributed by atoms with Crippen LogP contribution in [0.25, 0.3) is 10.9 Å².